The van der Waals surface area contributed by atoms with E-state index in [-0.39, 0.29) is 10.6 Å². The Morgan fingerprint density at radius 2 is 2.41 bits per heavy atom. The number of thioether (sulfide) groups is 1. The fourth-order valence-corrected chi connectivity index (χ4v) is 3.21. The molecule has 0 saturated carbocycles. The maximum Gasteiger partial charge on any atom is 0.273 e. The zero-order chi connectivity index (χ0) is 12.3. The van der Waals surface area contributed by atoms with Gasteiger partial charge in [0, 0.05) is 35.0 Å². The molecule has 1 fully saturated rings. The van der Waals surface area contributed by atoms with Crippen LogP contribution in [0.4, 0.5) is 5.69 Å². The van der Waals surface area contributed by atoms with Crippen molar-refractivity contribution in [1.82, 2.24) is 5.32 Å². The quantitative estimate of drug-likeness (QED) is 0.676. The van der Waals surface area contributed by atoms with Crippen LogP contribution in [0.15, 0.2) is 18.2 Å². The highest BCUT2D eigenvalue weighted by Gasteiger charge is 2.18. The van der Waals surface area contributed by atoms with Gasteiger partial charge in [0.1, 0.15) is 0 Å². The first-order chi connectivity index (χ1) is 8.16. The van der Waals surface area contributed by atoms with E-state index in [0.29, 0.717) is 23.2 Å². The van der Waals surface area contributed by atoms with Gasteiger partial charge in [0.15, 0.2) is 0 Å². The third-order valence-corrected chi connectivity index (χ3v) is 4.15. The first-order valence-corrected chi connectivity index (χ1v) is 6.94. The molecule has 1 aromatic rings. The SMILES string of the molecule is O=[N+]([O-])c1ccc(Cl)cc1CNC1CCSC1. The molecule has 0 amide bonds. The summed E-state index contributed by atoms with van der Waals surface area (Å²) < 4.78 is 0. The van der Waals surface area contributed by atoms with E-state index in [4.69, 9.17) is 11.6 Å². The van der Waals surface area contributed by atoms with Gasteiger partial charge in [-0.15, -0.1) is 0 Å². The third-order valence-electron chi connectivity index (χ3n) is 2.75. The van der Waals surface area contributed by atoms with Gasteiger partial charge in [-0.25, -0.2) is 0 Å². The molecule has 0 bridgehead atoms. The first kappa shape index (κ1) is 12.7. The van der Waals surface area contributed by atoms with Crippen molar-refractivity contribution in [3.8, 4) is 0 Å². The van der Waals surface area contributed by atoms with E-state index in [1.165, 1.54) is 6.07 Å². The number of nitro groups is 1. The maximum absolute atomic E-state index is 10.9. The van der Waals surface area contributed by atoms with E-state index in [1.807, 2.05) is 11.8 Å². The van der Waals surface area contributed by atoms with E-state index in [2.05, 4.69) is 5.32 Å². The first-order valence-electron chi connectivity index (χ1n) is 5.41. The molecule has 92 valence electrons. The van der Waals surface area contributed by atoms with Gasteiger partial charge in [0.05, 0.1) is 4.92 Å². The molecule has 2 rings (SSSR count). The topological polar surface area (TPSA) is 55.2 Å². The Hall–Kier alpha value is -0.780. The Balaban J connectivity index is 2.07. The smallest absolute Gasteiger partial charge is 0.273 e. The molecule has 1 aliphatic heterocycles. The summed E-state index contributed by atoms with van der Waals surface area (Å²) in [5, 5.41) is 14.7. The van der Waals surface area contributed by atoms with Crippen molar-refractivity contribution in [2.45, 2.75) is 19.0 Å². The second-order valence-corrected chi connectivity index (χ2v) is 5.56. The summed E-state index contributed by atoms with van der Waals surface area (Å²) >= 11 is 7.77. The lowest BCUT2D eigenvalue weighted by atomic mass is 10.1. The largest absolute Gasteiger partial charge is 0.309 e. The number of halogens is 1. The molecule has 1 atom stereocenters. The van der Waals surface area contributed by atoms with Crippen LogP contribution in [0.25, 0.3) is 0 Å². The second-order valence-electron chi connectivity index (χ2n) is 3.97. The van der Waals surface area contributed by atoms with Crippen LogP contribution in [0.2, 0.25) is 5.02 Å². The molecule has 0 aromatic heterocycles. The third kappa shape index (κ3) is 3.34. The van der Waals surface area contributed by atoms with Crippen LogP contribution < -0.4 is 5.32 Å². The van der Waals surface area contributed by atoms with Crippen LogP contribution >= 0.6 is 23.4 Å². The molecule has 1 aliphatic rings. The van der Waals surface area contributed by atoms with Crippen molar-refractivity contribution in [1.29, 1.82) is 0 Å². The van der Waals surface area contributed by atoms with Crippen LogP contribution in [-0.4, -0.2) is 22.5 Å². The number of rotatable bonds is 4. The Labute approximate surface area is 109 Å². The lowest BCUT2D eigenvalue weighted by Crippen LogP contribution is -2.28. The number of nitro benzene ring substituents is 1. The number of nitrogens with zero attached hydrogens (tertiary/aromatic N) is 1. The van der Waals surface area contributed by atoms with E-state index in [1.54, 1.807) is 12.1 Å². The highest BCUT2D eigenvalue weighted by atomic mass is 35.5. The minimum atomic E-state index is -0.364. The molecule has 6 heteroatoms. The van der Waals surface area contributed by atoms with Crippen molar-refractivity contribution < 1.29 is 4.92 Å². The fourth-order valence-electron chi connectivity index (χ4n) is 1.82. The van der Waals surface area contributed by atoms with Crippen LogP contribution in [0.5, 0.6) is 0 Å². The van der Waals surface area contributed by atoms with Gasteiger partial charge in [0.2, 0.25) is 0 Å². The van der Waals surface area contributed by atoms with Gasteiger partial charge in [-0.3, -0.25) is 10.1 Å². The van der Waals surface area contributed by atoms with Crippen molar-refractivity contribution in [3.63, 3.8) is 0 Å². The summed E-state index contributed by atoms with van der Waals surface area (Å²) in [5.41, 5.74) is 0.784. The molecule has 17 heavy (non-hydrogen) atoms. The van der Waals surface area contributed by atoms with Crippen molar-refractivity contribution in [3.05, 3.63) is 38.9 Å². The van der Waals surface area contributed by atoms with Gasteiger partial charge in [-0.2, -0.15) is 11.8 Å². The molecule has 0 aliphatic carbocycles. The predicted octanol–water partition coefficient (Wildman–Crippen LogP) is 2.84. The van der Waals surface area contributed by atoms with E-state index >= 15 is 0 Å². The summed E-state index contributed by atoms with van der Waals surface area (Å²) in [6.45, 7) is 0.502. The molecular formula is C11H13ClN2O2S. The van der Waals surface area contributed by atoms with E-state index in [9.17, 15) is 10.1 Å². The normalized spacial score (nSPS) is 19.5. The lowest BCUT2D eigenvalue weighted by Gasteiger charge is -2.11. The van der Waals surface area contributed by atoms with Gasteiger partial charge < -0.3 is 5.32 Å². The van der Waals surface area contributed by atoms with Gasteiger partial charge in [-0.1, -0.05) is 11.6 Å². The molecular weight excluding hydrogens is 260 g/mol. The molecule has 1 unspecified atom stereocenters. The predicted molar refractivity (Wildman–Crippen MR) is 70.7 cm³/mol. The van der Waals surface area contributed by atoms with E-state index in [0.717, 1.165) is 17.9 Å². The highest BCUT2D eigenvalue weighted by molar-refractivity contribution is 7.99. The van der Waals surface area contributed by atoms with Crippen molar-refractivity contribution in [2.75, 3.05) is 11.5 Å². The number of hydrogen-bond donors (Lipinski definition) is 1. The Morgan fingerprint density at radius 1 is 1.59 bits per heavy atom. The monoisotopic (exact) mass is 272 g/mol. The van der Waals surface area contributed by atoms with Gasteiger partial charge >= 0.3 is 0 Å². The molecule has 1 heterocycles. The van der Waals surface area contributed by atoms with Crippen LogP contribution in [-0.2, 0) is 6.54 Å². The lowest BCUT2D eigenvalue weighted by molar-refractivity contribution is -0.385. The maximum atomic E-state index is 10.9. The number of hydrogen-bond acceptors (Lipinski definition) is 4. The Morgan fingerprint density at radius 3 is 3.06 bits per heavy atom. The zero-order valence-corrected chi connectivity index (χ0v) is 10.8. The van der Waals surface area contributed by atoms with Crippen LogP contribution in [0.1, 0.15) is 12.0 Å². The fraction of sp³-hybridized carbons (Fsp3) is 0.455. The molecule has 4 nitrogen and oxygen atoms in total. The van der Waals surface area contributed by atoms with E-state index < -0.39 is 0 Å². The highest BCUT2D eigenvalue weighted by Crippen LogP contribution is 2.23. The zero-order valence-electron chi connectivity index (χ0n) is 9.19. The second kappa shape index (κ2) is 5.71. The summed E-state index contributed by atoms with van der Waals surface area (Å²) in [6, 6.07) is 5.13. The molecule has 1 N–H and O–H groups in total. The molecule has 1 saturated heterocycles. The molecule has 0 radical (unpaired) electrons. The average Bonchev–Trinajstić information content (AvgIpc) is 2.78. The Kier molecular flexibility index (Phi) is 4.25. The molecule has 0 spiro atoms. The Bertz CT molecular complexity index is 422. The summed E-state index contributed by atoms with van der Waals surface area (Å²) in [5.74, 6) is 2.24. The van der Waals surface area contributed by atoms with Crippen molar-refractivity contribution in [2.24, 2.45) is 0 Å². The molecule has 1 aromatic carbocycles. The number of benzene rings is 1. The van der Waals surface area contributed by atoms with Gasteiger partial charge in [-0.05, 0) is 24.3 Å². The van der Waals surface area contributed by atoms with Gasteiger partial charge in [0.25, 0.3) is 5.69 Å². The summed E-state index contributed by atoms with van der Waals surface area (Å²) in [7, 11) is 0. The van der Waals surface area contributed by atoms with Crippen LogP contribution in [0.3, 0.4) is 0 Å². The minimum absolute atomic E-state index is 0.132. The van der Waals surface area contributed by atoms with Crippen molar-refractivity contribution >= 4 is 29.1 Å². The number of nitrogens with one attached hydrogen (secondary N) is 1. The summed E-state index contributed by atoms with van der Waals surface area (Å²) in [4.78, 5) is 10.5. The van der Waals surface area contributed by atoms with Crippen LogP contribution in [0, 0.1) is 10.1 Å². The average molecular weight is 273 g/mol. The standard InChI is InChI=1S/C11H13ClN2O2S/c12-9-1-2-11(14(15)16)8(5-9)6-13-10-3-4-17-7-10/h1-2,5,10,13H,3-4,6-7H2. The minimum Gasteiger partial charge on any atom is -0.309 e. The summed E-state index contributed by atoms with van der Waals surface area (Å²) in [6.07, 6.45) is 1.12.